The van der Waals surface area contributed by atoms with Gasteiger partial charge in [0, 0.05) is 29.8 Å². The number of carbonyl (C=O) groups is 2. The Hall–Kier alpha value is -1.64. The second kappa shape index (κ2) is 13.0. The van der Waals surface area contributed by atoms with E-state index in [4.69, 9.17) is 21.1 Å². The number of thioether (sulfide) groups is 1. The van der Waals surface area contributed by atoms with Gasteiger partial charge in [0.2, 0.25) is 5.91 Å². The number of benzene rings is 1. The zero-order chi connectivity index (χ0) is 21.9. The summed E-state index contributed by atoms with van der Waals surface area (Å²) in [5.74, 6) is 2.46. The van der Waals surface area contributed by atoms with E-state index in [1.165, 1.54) is 5.56 Å². The molecule has 172 valence electrons. The monoisotopic (exact) mass is 469 g/mol. The lowest BCUT2D eigenvalue weighted by atomic mass is 10.0. The quantitative estimate of drug-likeness (QED) is 0.221. The van der Waals surface area contributed by atoms with E-state index >= 15 is 0 Å². The van der Waals surface area contributed by atoms with Gasteiger partial charge in [-0.1, -0.05) is 18.6 Å². The fraction of sp³-hybridized carbons (Fsp3) is 0.636. The van der Waals surface area contributed by atoms with Crippen molar-refractivity contribution in [2.45, 2.75) is 49.4 Å². The number of nitrogens with one attached hydrogen (secondary N) is 3. The lowest BCUT2D eigenvalue weighted by molar-refractivity contribution is -0.121. The first kappa shape index (κ1) is 24.0. The summed E-state index contributed by atoms with van der Waals surface area (Å²) in [6.07, 6.45) is 4.26. The number of urea groups is 1. The molecule has 0 saturated carbocycles. The smallest absolute Gasteiger partial charge is 0.315 e. The molecule has 3 N–H and O–H groups in total. The van der Waals surface area contributed by atoms with Crippen LogP contribution in [-0.4, -0.2) is 67.3 Å². The molecule has 2 fully saturated rings. The van der Waals surface area contributed by atoms with Gasteiger partial charge in [0.1, 0.15) is 12.4 Å². The highest BCUT2D eigenvalue weighted by atomic mass is 35.5. The van der Waals surface area contributed by atoms with Crippen molar-refractivity contribution in [2.24, 2.45) is 0 Å². The number of alkyl halides is 1. The Labute approximate surface area is 193 Å². The Morgan fingerprint density at radius 2 is 2.00 bits per heavy atom. The largest absolute Gasteiger partial charge is 0.491 e. The highest BCUT2D eigenvalue weighted by molar-refractivity contribution is 8.00. The van der Waals surface area contributed by atoms with E-state index in [2.05, 4.69) is 16.0 Å². The van der Waals surface area contributed by atoms with Crippen LogP contribution in [0.5, 0.6) is 5.75 Å². The van der Waals surface area contributed by atoms with Crippen LogP contribution in [0.3, 0.4) is 0 Å². The Balaban J connectivity index is 1.14. The number of halogens is 1. The van der Waals surface area contributed by atoms with Crippen LogP contribution in [0.25, 0.3) is 0 Å². The molecule has 3 unspecified atom stereocenters. The molecule has 2 aliphatic rings. The maximum absolute atomic E-state index is 11.9. The summed E-state index contributed by atoms with van der Waals surface area (Å²) in [4.78, 5) is 23.3. The van der Waals surface area contributed by atoms with Crippen LogP contribution >= 0.6 is 23.4 Å². The third-order valence-electron chi connectivity index (χ3n) is 5.45. The minimum atomic E-state index is -0.0507. The molecule has 0 spiro atoms. The zero-order valence-electron chi connectivity index (χ0n) is 17.7. The molecule has 0 aliphatic carbocycles. The summed E-state index contributed by atoms with van der Waals surface area (Å²) < 4.78 is 11.1. The number of carbonyl (C=O) groups excluding carboxylic acids is 2. The Morgan fingerprint density at radius 1 is 1.16 bits per heavy atom. The zero-order valence-corrected chi connectivity index (χ0v) is 19.3. The van der Waals surface area contributed by atoms with Crippen LogP contribution in [0.15, 0.2) is 24.3 Å². The van der Waals surface area contributed by atoms with E-state index < -0.39 is 0 Å². The lowest BCUT2D eigenvalue weighted by Crippen LogP contribution is -2.36. The van der Waals surface area contributed by atoms with Crippen LogP contribution in [0.4, 0.5) is 4.79 Å². The topological polar surface area (TPSA) is 88.7 Å². The average Bonchev–Trinajstić information content (AvgIpc) is 3.31. The van der Waals surface area contributed by atoms with Crippen LogP contribution < -0.4 is 20.7 Å². The molecule has 0 aromatic heterocycles. The second-order valence-electron chi connectivity index (χ2n) is 7.76. The standard InChI is InChI=1S/C22H32ClN3O4S/c23-10-9-16-5-7-17(8-6-16)30-14-13-29-12-11-24-20(27)4-2-1-3-19-21-18(15-31-19)25-22(28)26-21/h5-8,18-19,21H,1-4,9-15H2,(H,24,27)(H2,25,26,28). The molecule has 2 saturated heterocycles. The van der Waals surface area contributed by atoms with Gasteiger partial charge in [0.25, 0.3) is 0 Å². The molecule has 1 aromatic carbocycles. The highest BCUT2D eigenvalue weighted by Gasteiger charge is 2.42. The third-order valence-corrected chi connectivity index (χ3v) is 7.15. The molecular formula is C22H32ClN3O4S. The molecule has 0 radical (unpaired) electrons. The molecule has 0 bridgehead atoms. The van der Waals surface area contributed by atoms with Crippen molar-refractivity contribution in [3.8, 4) is 5.75 Å². The summed E-state index contributed by atoms with van der Waals surface area (Å²) >= 11 is 7.64. The number of unbranched alkanes of at least 4 members (excludes halogenated alkanes) is 1. The van der Waals surface area contributed by atoms with Crippen LogP contribution in [0, 0.1) is 0 Å². The van der Waals surface area contributed by atoms with Gasteiger partial charge in [-0.3, -0.25) is 4.79 Å². The van der Waals surface area contributed by atoms with Gasteiger partial charge in [-0.25, -0.2) is 4.79 Å². The summed E-state index contributed by atoms with van der Waals surface area (Å²) in [5, 5.41) is 9.30. The van der Waals surface area contributed by atoms with Crippen molar-refractivity contribution in [3.05, 3.63) is 29.8 Å². The maximum Gasteiger partial charge on any atom is 0.315 e. The van der Waals surface area contributed by atoms with E-state index in [1.54, 1.807) is 0 Å². The Kier molecular flexibility index (Phi) is 10.1. The Bertz CT molecular complexity index is 707. The van der Waals surface area contributed by atoms with E-state index in [0.717, 1.165) is 37.2 Å². The van der Waals surface area contributed by atoms with E-state index in [0.29, 0.717) is 43.9 Å². The second-order valence-corrected chi connectivity index (χ2v) is 9.41. The number of aryl methyl sites for hydroxylation is 1. The maximum atomic E-state index is 11.9. The van der Waals surface area contributed by atoms with Gasteiger partial charge < -0.3 is 25.4 Å². The Morgan fingerprint density at radius 3 is 2.81 bits per heavy atom. The molecule has 2 aliphatic heterocycles. The lowest BCUT2D eigenvalue weighted by Gasteiger charge is -2.16. The summed E-state index contributed by atoms with van der Waals surface area (Å²) in [5.41, 5.74) is 1.19. The SMILES string of the molecule is O=C(CCCCC1SCC2NC(=O)NC21)NCCOCCOc1ccc(CCCl)cc1. The molecule has 9 heteroatoms. The number of hydrogen-bond donors (Lipinski definition) is 3. The number of ether oxygens (including phenoxy) is 2. The number of amides is 3. The van der Waals surface area contributed by atoms with Crippen molar-refractivity contribution >= 4 is 35.3 Å². The van der Waals surface area contributed by atoms with E-state index in [9.17, 15) is 9.59 Å². The van der Waals surface area contributed by atoms with Crippen LogP contribution in [0.1, 0.15) is 31.2 Å². The summed E-state index contributed by atoms with van der Waals surface area (Å²) in [6, 6.07) is 8.35. The number of rotatable bonds is 14. The first-order valence-corrected chi connectivity index (χ1v) is 12.5. The first-order valence-electron chi connectivity index (χ1n) is 11.0. The van der Waals surface area contributed by atoms with Crippen molar-refractivity contribution in [1.82, 2.24) is 16.0 Å². The van der Waals surface area contributed by atoms with Crippen molar-refractivity contribution in [2.75, 3.05) is 38.0 Å². The predicted octanol–water partition coefficient (Wildman–Crippen LogP) is 2.71. The van der Waals surface area contributed by atoms with Crippen LogP contribution in [0.2, 0.25) is 0 Å². The number of hydrogen-bond acceptors (Lipinski definition) is 5. The van der Waals surface area contributed by atoms with Gasteiger partial charge >= 0.3 is 6.03 Å². The third kappa shape index (κ3) is 8.09. The minimum absolute atomic E-state index is 0.0507. The fourth-order valence-electron chi connectivity index (χ4n) is 3.81. The molecule has 3 atom stereocenters. The molecule has 7 nitrogen and oxygen atoms in total. The van der Waals surface area contributed by atoms with E-state index in [-0.39, 0.29) is 24.0 Å². The molecule has 3 amide bonds. The van der Waals surface area contributed by atoms with Crippen molar-refractivity contribution < 1.29 is 19.1 Å². The fourth-order valence-corrected chi connectivity index (χ4v) is 5.57. The molecule has 31 heavy (non-hydrogen) atoms. The van der Waals surface area contributed by atoms with Gasteiger partial charge in [-0.15, -0.1) is 11.6 Å². The van der Waals surface area contributed by atoms with Crippen molar-refractivity contribution in [3.63, 3.8) is 0 Å². The van der Waals surface area contributed by atoms with Crippen LogP contribution in [-0.2, 0) is 16.0 Å². The molecular weight excluding hydrogens is 438 g/mol. The first-order chi connectivity index (χ1) is 15.2. The molecule has 1 aromatic rings. The van der Waals surface area contributed by atoms with E-state index in [1.807, 2.05) is 36.0 Å². The molecule has 3 rings (SSSR count). The predicted molar refractivity (Wildman–Crippen MR) is 124 cm³/mol. The number of fused-ring (bicyclic) bond motifs is 1. The highest BCUT2D eigenvalue weighted by Crippen LogP contribution is 2.33. The minimum Gasteiger partial charge on any atom is -0.491 e. The van der Waals surface area contributed by atoms with Gasteiger partial charge in [0.15, 0.2) is 0 Å². The van der Waals surface area contributed by atoms with Crippen molar-refractivity contribution in [1.29, 1.82) is 0 Å². The average molecular weight is 470 g/mol. The van der Waals surface area contributed by atoms with Gasteiger partial charge in [-0.05, 0) is 37.0 Å². The van der Waals surface area contributed by atoms with Gasteiger partial charge in [-0.2, -0.15) is 11.8 Å². The normalized spacial score (nSPS) is 22.0. The summed E-state index contributed by atoms with van der Waals surface area (Å²) in [6.45, 7) is 1.93. The molecule has 2 heterocycles. The summed E-state index contributed by atoms with van der Waals surface area (Å²) in [7, 11) is 0. The van der Waals surface area contributed by atoms with Gasteiger partial charge in [0.05, 0.1) is 25.3 Å².